The van der Waals surface area contributed by atoms with E-state index in [0.717, 1.165) is 23.4 Å². The van der Waals surface area contributed by atoms with Crippen molar-refractivity contribution in [2.24, 2.45) is 28.8 Å². The molecule has 2 bridgehead atoms. The highest BCUT2D eigenvalue weighted by Crippen LogP contribution is 2.49. The second-order valence-corrected chi connectivity index (χ2v) is 6.49. The number of aryl methyl sites for hydroxylation is 1. The molecule has 3 aliphatic carbocycles. The van der Waals surface area contributed by atoms with E-state index in [1.54, 1.807) is 6.21 Å². The van der Waals surface area contributed by atoms with Crippen LogP contribution in [0.2, 0.25) is 0 Å². The summed E-state index contributed by atoms with van der Waals surface area (Å²) in [4.78, 5) is 25.1. The Balaban J connectivity index is 1.60. The molecule has 112 valence electrons. The number of allylic oxidation sites excluding steroid dienone is 2. The van der Waals surface area contributed by atoms with Gasteiger partial charge in [-0.15, -0.1) is 0 Å². The van der Waals surface area contributed by atoms with Crippen molar-refractivity contribution in [3.8, 4) is 0 Å². The quantitative estimate of drug-likeness (QED) is 0.478. The van der Waals surface area contributed by atoms with Gasteiger partial charge in [-0.2, -0.15) is 10.1 Å². The minimum Gasteiger partial charge on any atom is -0.272 e. The Morgan fingerprint density at radius 2 is 1.55 bits per heavy atom. The molecule has 2 amide bonds. The first kappa shape index (κ1) is 13.4. The Labute approximate surface area is 129 Å². The number of hydrogen-bond acceptors (Lipinski definition) is 3. The Bertz CT molecular complexity index is 658. The van der Waals surface area contributed by atoms with Crippen molar-refractivity contribution in [3.63, 3.8) is 0 Å². The summed E-state index contributed by atoms with van der Waals surface area (Å²) < 4.78 is 0. The van der Waals surface area contributed by atoms with E-state index in [4.69, 9.17) is 0 Å². The standard InChI is InChI=1S/C18H18N2O2/c1-11-2-4-12(5-3-11)10-19-20-17(21)15-13-6-7-14(9-8-13)16(15)18(20)22/h2-7,10,13-16H,8-9H2,1H3/b19-10-/t13-,14-,15-,16+/m1/s1. The van der Waals surface area contributed by atoms with Crippen molar-refractivity contribution in [1.82, 2.24) is 5.01 Å². The van der Waals surface area contributed by atoms with Crippen LogP contribution in [0, 0.1) is 30.6 Å². The van der Waals surface area contributed by atoms with E-state index in [0.29, 0.717) is 0 Å². The van der Waals surface area contributed by atoms with Crippen molar-refractivity contribution < 1.29 is 9.59 Å². The molecule has 2 fully saturated rings. The van der Waals surface area contributed by atoms with Crippen molar-refractivity contribution in [2.45, 2.75) is 19.8 Å². The molecule has 0 aromatic heterocycles. The van der Waals surface area contributed by atoms with Crippen molar-refractivity contribution in [3.05, 3.63) is 47.5 Å². The van der Waals surface area contributed by atoms with E-state index in [1.807, 2.05) is 31.2 Å². The third kappa shape index (κ3) is 1.94. The summed E-state index contributed by atoms with van der Waals surface area (Å²) in [5.74, 6) is -0.204. The third-order valence-electron chi connectivity index (χ3n) is 5.14. The minimum absolute atomic E-state index is 0.127. The molecule has 4 heteroatoms. The monoisotopic (exact) mass is 294 g/mol. The van der Waals surface area contributed by atoms with Crippen molar-refractivity contribution >= 4 is 18.0 Å². The van der Waals surface area contributed by atoms with Gasteiger partial charge in [0, 0.05) is 0 Å². The normalized spacial score (nSPS) is 33.0. The van der Waals surface area contributed by atoms with Gasteiger partial charge in [0.2, 0.25) is 0 Å². The average molecular weight is 294 g/mol. The van der Waals surface area contributed by atoms with Crippen LogP contribution in [0.5, 0.6) is 0 Å². The van der Waals surface area contributed by atoms with E-state index in [2.05, 4.69) is 17.3 Å². The van der Waals surface area contributed by atoms with Gasteiger partial charge in [0.25, 0.3) is 11.8 Å². The predicted molar refractivity (Wildman–Crippen MR) is 83.0 cm³/mol. The summed E-state index contributed by atoms with van der Waals surface area (Å²) >= 11 is 0. The van der Waals surface area contributed by atoms with E-state index < -0.39 is 0 Å². The highest BCUT2D eigenvalue weighted by molar-refractivity contribution is 6.06. The Kier molecular flexibility index (Phi) is 2.99. The number of rotatable bonds is 2. The first-order chi connectivity index (χ1) is 10.6. The fourth-order valence-corrected chi connectivity index (χ4v) is 3.95. The van der Waals surface area contributed by atoms with Gasteiger partial charge in [0.15, 0.2) is 0 Å². The lowest BCUT2D eigenvalue weighted by atomic mass is 9.63. The lowest BCUT2D eigenvalue weighted by Gasteiger charge is -2.37. The fourth-order valence-electron chi connectivity index (χ4n) is 3.95. The second-order valence-electron chi connectivity index (χ2n) is 6.49. The highest BCUT2D eigenvalue weighted by atomic mass is 16.2. The maximum Gasteiger partial charge on any atom is 0.254 e. The van der Waals surface area contributed by atoms with Crippen LogP contribution in [0.1, 0.15) is 24.0 Å². The Morgan fingerprint density at radius 3 is 2.05 bits per heavy atom. The van der Waals surface area contributed by atoms with Gasteiger partial charge >= 0.3 is 0 Å². The first-order valence-corrected chi connectivity index (χ1v) is 7.82. The van der Waals surface area contributed by atoms with Gasteiger partial charge in [-0.25, -0.2) is 0 Å². The fraction of sp³-hybridized carbons (Fsp3) is 0.389. The van der Waals surface area contributed by atoms with Crippen LogP contribution < -0.4 is 0 Å². The summed E-state index contributed by atoms with van der Waals surface area (Å²) in [6, 6.07) is 7.84. The number of amides is 2. The molecular formula is C18H18N2O2. The number of carbonyl (C=O) groups is 2. The van der Waals surface area contributed by atoms with E-state index in [9.17, 15) is 9.59 Å². The highest BCUT2D eigenvalue weighted by Gasteiger charge is 2.56. The molecule has 1 aliphatic heterocycles. The summed E-state index contributed by atoms with van der Waals surface area (Å²) in [5.41, 5.74) is 2.06. The smallest absolute Gasteiger partial charge is 0.254 e. The molecule has 5 rings (SSSR count). The SMILES string of the molecule is Cc1ccc(/C=N\N2C(=O)[C@@H]3[C@H](C2=O)[C@@H]2C=C[C@@H]3CC2)cc1. The lowest BCUT2D eigenvalue weighted by molar-refractivity contribution is -0.140. The number of imide groups is 1. The Morgan fingerprint density at radius 1 is 1.00 bits per heavy atom. The molecule has 0 spiro atoms. The second kappa shape index (κ2) is 4.90. The molecule has 1 aromatic rings. The molecule has 1 heterocycles. The van der Waals surface area contributed by atoms with Crippen molar-refractivity contribution in [2.75, 3.05) is 0 Å². The molecule has 0 N–H and O–H groups in total. The van der Waals surface area contributed by atoms with Gasteiger partial charge in [0.05, 0.1) is 18.1 Å². The van der Waals surface area contributed by atoms with Crippen LogP contribution in [-0.2, 0) is 9.59 Å². The van der Waals surface area contributed by atoms with Gasteiger partial charge < -0.3 is 0 Å². The van der Waals surface area contributed by atoms with Crippen LogP contribution in [0.3, 0.4) is 0 Å². The van der Waals surface area contributed by atoms with E-state index >= 15 is 0 Å². The zero-order valence-corrected chi connectivity index (χ0v) is 12.5. The predicted octanol–water partition coefficient (Wildman–Crippen LogP) is 2.53. The summed E-state index contributed by atoms with van der Waals surface area (Å²) in [6.45, 7) is 2.02. The number of benzene rings is 1. The van der Waals surface area contributed by atoms with Gasteiger partial charge in [-0.3, -0.25) is 9.59 Å². The number of nitrogens with zero attached hydrogens (tertiary/aromatic N) is 2. The molecule has 4 atom stereocenters. The average Bonchev–Trinajstić information content (AvgIpc) is 2.82. The third-order valence-corrected chi connectivity index (χ3v) is 5.14. The molecule has 0 radical (unpaired) electrons. The lowest BCUT2D eigenvalue weighted by Crippen LogP contribution is -2.38. The van der Waals surface area contributed by atoms with Gasteiger partial charge in [-0.05, 0) is 37.2 Å². The Hall–Kier alpha value is -2.23. The molecule has 0 unspecified atom stereocenters. The molecular weight excluding hydrogens is 276 g/mol. The summed E-state index contributed by atoms with van der Waals surface area (Å²) in [6.07, 6.45) is 7.86. The van der Waals surface area contributed by atoms with Gasteiger partial charge in [-0.1, -0.05) is 42.0 Å². The van der Waals surface area contributed by atoms with Crippen LogP contribution in [0.25, 0.3) is 0 Å². The number of hydrazone groups is 1. The number of carbonyl (C=O) groups excluding carboxylic acids is 2. The molecule has 1 aromatic carbocycles. The maximum atomic E-state index is 12.6. The van der Waals surface area contributed by atoms with Crippen LogP contribution in [-0.4, -0.2) is 23.0 Å². The van der Waals surface area contributed by atoms with Crippen LogP contribution >= 0.6 is 0 Å². The maximum absolute atomic E-state index is 12.6. The molecule has 4 nitrogen and oxygen atoms in total. The van der Waals surface area contributed by atoms with Crippen LogP contribution in [0.15, 0.2) is 41.5 Å². The molecule has 22 heavy (non-hydrogen) atoms. The molecule has 4 aliphatic rings. The topological polar surface area (TPSA) is 49.7 Å². The number of hydrogen-bond donors (Lipinski definition) is 0. The zero-order chi connectivity index (χ0) is 15.3. The van der Waals surface area contributed by atoms with Crippen LogP contribution in [0.4, 0.5) is 0 Å². The summed E-state index contributed by atoms with van der Waals surface area (Å²) in [7, 11) is 0. The molecule has 1 saturated carbocycles. The number of fused-ring (bicyclic) bond motifs is 1. The minimum atomic E-state index is -0.189. The molecule has 1 saturated heterocycles. The summed E-state index contributed by atoms with van der Waals surface area (Å²) in [5, 5.41) is 5.29. The van der Waals surface area contributed by atoms with Crippen molar-refractivity contribution in [1.29, 1.82) is 0 Å². The van der Waals surface area contributed by atoms with E-state index in [1.165, 1.54) is 5.56 Å². The first-order valence-electron chi connectivity index (χ1n) is 7.82. The zero-order valence-electron chi connectivity index (χ0n) is 12.5. The van der Waals surface area contributed by atoms with Gasteiger partial charge in [0.1, 0.15) is 0 Å². The van der Waals surface area contributed by atoms with E-state index in [-0.39, 0.29) is 35.5 Å². The largest absolute Gasteiger partial charge is 0.272 e.